The SMILES string of the molecule is CCCCCCCOC(=O)C1CCC(/C(Cl)=N/O)CC1. The van der Waals surface area contributed by atoms with Gasteiger partial charge in [-0.3, -0.25) is 4.79 Å². The number of nitrogens with zero attached hydrogens (tertiary/aromatic N) is 1. The lowest BCUT2D eigenvalue weighted by Crippen LogP contribution is -2.26. The van der Waals surface area contributed by atoms with E-state index in [9.17, 15) is 4.79 Å². The third-order valence-electron chi connectivity index (χ3n) is 3.99. The molecule has 0 aliphatic heterocycles. The van der Waals surface area contributed by atoms with Gasteiger partial charge in [0.2, 0.25) is 0 Å². The van der Waals surface area contributed by atoms with Crippen LogP contribution in [0.1, 0.15) is 64.7 Å². The van der Waals surface area contributed by atoms with Crippen molar-refractivity contribution in [2.24, 2.45) is 17.0 Å². The molecule has 0 aromatic rings. The van der Waals surface area contributed by atoms with Gasteiger partial charge in [0.1, 0.15) is 5.17 Å². The van der Waals surface area contributed by atoms with E-state index in [1.165, 1.54) is 19.3 Å². The van der Waals surface area contributed by atoms with Gasteiger partial charge in [-0.05, 0) is 32.1 Å². The molecule has 1 fully saturated rings. The van der Waals surface area contributed by atoms with Gasteiger partial charge in [-0.25, -0.2) is 0 Å². The number of halogens is 1. The van der Waals surface area contributed by atoms with E-state index in [1.807, 2.05) is 0 Å². The van der Waals surface area contributed by atoms with Crippen molar-refractivity contribution >= 4 is 22.7 Å². The summed E-state index contributed by atoms with van der Waals surface area (Å²) in [6.07, 6.45) is 8.92. The number of unbranched alkanes of at least 4 members (excludes halogenated alkanes) is 4. The highest BCUT2D eigenvalue weighted by Gasteiger charge is 2.29. The number of rotatable bonds is 8. The summed E-state index contributed by atoms with van der Waals surface area (Å²) < 4.78 is 5.33. The van der Waals surface area contributed by atoms with E-state index in [4.69, 9.17) is 21.5 Å². The van der Waals surface area contributed by atoms with Gasteiger partial charge < -0.3 is 9.94 Å². The van der Waals surface area contributed by atoms with Gasteiger partial charge in [-0.15, -0.1) is 0 Å². The fraction of sp³-hybridized carbons (Fsp3) is 0.867. The van der Waals surface area contributed by atoms with Crippen molar-refractivity contribution in [3.63, 3.8) is 0 Å². The van der Waals surface area contributed by atoms with Crippen LogP contribution in [-0.2, 0) is 9.53 Å². The third kappa shape index (κ3) is 6.12. The Kier molecular flexibility index (Phi) is 8.67. The van der Waals surface area contributed by atoms with Crippen molar-refractivity contribution in [1.82, 2.24) is 0 Å². The lowest BCUT2D eigenvalue weighted by Gasteiger charge is -2.25. The molecule has 0 spiro atoms. The molecule has 0 bridgehead atoms. The minimum atomic E-state index is -0.0731. The number of hydrogen-bond donors (Lipinski definition) is 1. The maximum Gasteiger partial charge on any atom is 0.308 e. The Morgan fingerprint density at radius 3 is 2.35 bits per heavy atom. The first-order valence-corrected chi connectivity index (χ1v) is 8.10. The van der Waals surface area contributed by atoms with Gasteiger partial charge in [0.05, 0.1) is 12.5 Å². The van der Waals surface area contributed by atoms with Crippen LogP contribution >= 0.6 is 11.6 Å². The molecule has 1 aliphatic rings. The van der Waals surface area contributed by atoms with E-state index in [0.29, 0.717) is 6.61 Å². The number of carbonyl (C=O) groups excluding carboxylic acids is 1. The summed E-state index contributed by atoms with van der Waals surface area (Å²) in [5.41, 5.74) is 0. The summed E-state index contributed by atoms with van der Waals surface area (Å²) in [5, 5.41) is 11.9. The third-order valence-corrected chi connectivity index (χ3v) is 4.37. The quantitative estimate of drug-likeness (QED) is 0.239. The van der Waals surface area contributed by atoms with E-state index < -0.39 is 0 Å². The normalized spacial score (nSPS) is 23.6. The molecule has 116 valence electrons. The molecular formula is C15H26ClNO3. The number of carbonyl (C=O) groups is 1. The molecular weight excluding hydrogens is 278 g/mol. The highest BCUT2D eigenvalue weighted by Crippen LogP contribution is 2.31. The Hall–Kier alpha value is -0.770. The molecule has 5 heteroatoms. The first-order chi connectivity index (χ1) is 9.69. The average Bonchev–Trinajstić information content (AvgIpc) is 2.50. The smallest absolute Gasteiger partial charge is 0.308 e. The van der Waals surface area contributed by atoms with E-state index in [-0.39, 0.29) is 23.0 Å². The molecule has 1 N–H and O–H groups in total. The Bertz CT molecular complexity index is 312. The minimum Gasteiger partial charge on any atom is -0.465 e. The average molecular weight is 304 g/mol. The van der Waals surface area contributed by atoms with Crippen molar-refractivity contribution in [3.05, 3.63) is 0 Å². The molecule has 4 nitrogen and oxygen atoms in total. The zero-order valence-electron chi connectivity index (χ0n) is 12.3. The molecule has 0 unspecified atom stereocenters. The van der Waals surface area contributed by atoms with Gasteiger partial charge in [0, 0.05) is 5.92 Å². The molecule has 0 aromatic heterocycles. The summed E-state index contributed by atoms with van der Waals surface area (Å²) in [6, 6.07) is 0. The van der Waals surface area contributed by atoms with Crippen LogP contribution in [0.4, 0.5) is 0 Å². The van der Waals surface area contributed by atoms with Crippen molar-refractivity contribution in [2.45, 2.75) is 64.7 Å². The molecule has 0 atom stereocenters. The molecule has 1 rings (SSSR count). The zero-order chi connectivity index (χ0) is 14.8. The Morgan fingerprint density at radius 1 is 1.15 bits per heavy atom. The highest BCUT2D eigenvalue weighted by atomic mass is 35.5. The van der Waals surface area contributed by atoms with Gasteiger partial charge in [0.25, 0.3) is 0 Å². The maximum atomic E-state index is 11.9. The lowest BCUT2D eigenvalue weighted by atomic mass is 9.82. The predicted molar refractivity (Wildman–Crippen MR) is 80.2 cm³/mol. The lowest BCUT2D eigenvalue weighted by molar-refractivity contribution is -0.149. The van der Waals surface area contributed by atoms with Gasteiger partial charge >= 0.3 is 5.97 Å². The molecule has 20 heavy (non-hydrogen) atoms. The van der Waals surface area contributed by atoms with Crippen LogP contribution in [0, 0.1) is 11.8 Å². The minimum absolute atomic E-state index is 0.00921. The van der Waals surface area contributed by atoms with Crippen LogP contribution in [0.5, 0.6) is 0 Å². The maximum absolute atomic E-state index is 11.9. The summed E-state index contributed by atoms with van der Waals surface area (Å²) in [5.74, 6) is 0.0146. The molecule has 1 saturated carbocycles. The standard InChI is InChI=1S/C15H26ClNO3/c1-2-3-4-5-6-11-20-15(18)13-9-7-12(8-10-13)14(16)17-19/h12-13,19H,2-11H2,1H3/b17-14-. The van der Waals surface area contributed by atoms with Crippen LogP contribution < -0.4 is 0 Å². The van der Waals surface area contributed by atoms with Gasteiger partial charge in [-0.1, -0.05) is 49.4 Å². The second kappa shape index (κ2) is 10.0. The van der Waals surface area contributed by atoms with E-state index >= 15 is 0 Å². The summed E-state index contributed by atoms with van der Waals surface area (Å²) in [7, 11) is 0. The molecule has 0 amide bonds. The predicted octanol–water partition coefficient (Wildman–Crippen LogP) is 4.33. The van der Waals surface area contributed by atoms with Crippen LogP contribution in [-0.4, -0.2) is 23.0 Å². The van der Waals surface area contributed by atoms with E-state index in [1.54, 1.807) is 0 Å². The highest BCUT2D eigenvalue weighted by molar-refractivity contribution is 6.65. The Balaban J connectivity index is 2.13. The van der Waals surface area contributed by atoms with Crippen molar-refractivity contribution in [2.75, 3.05) is 6.61 Å². The first kappa shape index (κ1) is 17.3. The summed E-state index contributed by atoms with van der Waals surface area (Å²) >= 11 is 5.80. The topological polar surface area (TPSA) is 58.9 Å². The molecule has 0 aromatic carbocycles. The summed E-state index contributed by atoms with van der Waals surface area (Å²) in [4.78, 5) is 11.9. The first-order valence-electron chi connectivity index (χ1n) is 7.73. The monoisotopic (exact) mass is 303 g/mol. The molecule has 0 saturated heterocycles. The molecule has 0 heterocycles. The fourth-order valence-corrected chi connectivity index (χ4v) is 2.86. The van der Waals surface area contributed by atoms with E-state index in [0.717, 1.165) is 38.5 Å². The molecule has 1 aliphatic carbocycles. The van der Waals surface area contributed by atoms with Crippen molar-refractivity contribution < 1.29 is 14.7 Å². The van der Waals surface area contributed by atoms with Crippen LogP contribution in [0.15, 0.2) is 5.16 Å². The zero-order valence-corrected chi connectivity index (χ0v) is 13.1. The number of oxime groups is 1. The second-order valence-electron chi connectivity index (χ2n) is 5.55. The van der Waals surface area contributed by atoms with E-state index in [2.05, 4.69) is 12.1 Å². The van der Waals surface area contributed by atoms with Gasteiger partial charge in [0.15, 0.2) is 0 Å². The second-order valence-corrected chi connectivity index (χ2v) is 5.94. The summed E-state index contributed by atoms with van der Waals surface area (Å²) in [6.45, 7) is 2.73. The number of hydrogen-bond acceptors (Lipinski definition) is 4. The Morgan fingerprint density at radius 2 is 1.75 bits per heavy atom. The van der Waals surface area contributed by atoms with Crippen LogP contribution in [0.2, 0.25) is 0 Å². The van der Waals surface area contributed by atoms with Crippen molar-refractivity contribution in [3.8, 4) is 0 Å². The fourth-order valence-electron chi connectivity index (χ4n) is 2.65. The van der Waals surface area contributed by atoms with Crippen LogP contribution in [0.3, 0.4) is 0 Å². The largest absolute Gasteiger partial charge is 0.465 e. The Labute approximate surface area is 126 Å². The van der Waals surface area contributed by atoms with Crippen LogP contribution in [0.25, 0.3) is 0 Å². The molecule has 0 radical (unpaired) electrons. The number of esters is 1. The van der Waals surface area contributed by atoms with Crippen molar-refractivity contribution in [1.29, 1.82) is 0 Å². The van der Waals surface area contributed by atoms with Gasteiger partial charge in [-0.2, -0.15) is 0 Å². The number of ether oxygens (including phenoxy) is 1.